The van der Waals surface area contributed by atoms with E-state index in [9.17, 15) is 5.11 Å². The van der Waals surface area contributed by atoms with E-state index in [1.165, 1.54) is 5.56 Å². The Labute approximate surface area is 97.9 Å². The summed E-state index contributed by atoms with van der Waals surface area (Å²) in [6.07, 6.45) is 0.681. The van der Waals surface area contributed by atoms with Crippen LogP contribution in [-0.4, -0.2) is 35.7 Å². The number of aliphatic hydroxyl groups is 1. The number of hydrogen-bond donors (Lipinski definition) is 2. The molecule has 16 heavy (non-hydrogen) atoms. The number of nitrogens with two attached hydrogens (primary N) is 1. The van der Waals surface area contributed by atoms with Gasteiger partial charge < -0.3 is 10.8 Å². The molecule has 0 fully saturated rings. The van der Waals surface area contributed by atoms with E-state index in [1.807, 2.05) is 25.1 Å². The summed E-state index contributed by atoms with van der Waals surface area (Å²) in [6, 6.07) is 10.3. The zero-order valence-corrected chi connectivity index (χ0v) is 9.97. The number of nitrogens with zero attached hydrogens (tertiary/aromatic N) is 1. The normalized spacial score (nSPS) is 13.0. The topological polar surface area (TPSA) is 49.5 Å². The molecular formula is C13H22N2O. The van der Waals surface area contributed by atoms with Gasteiger partial charge in [-0.15, -0.1) is 0 Å². The van der Waals surface area contributed by atoms with Gasteiger partial charge in [0.2, 0.25) is 0 Å². The summed E-state index contributed by atoms with van der Waals surface area (Å²) < 4.78 is 0. The molecule has 0 heterocycles. The van der Waals surface area contributed by atoms with E-state index in [0.29, 0.717) is 13.1 Å². The third kappa shape index (κ3) is 5.26. The molecule has 3 N–H and O–H groups in total. The van der Waals surface area contributed by atoms with Crippen LogP contribution in [0.5, 0.6) is 0 Å². The van der Waals surface area contributed by atoms with Crippen molar-refractivity contribution < 1.29 is 5.11 Å². The van der Waals surface area contributed by atoms with Gasteiger partial charge in [-0.25, -0.2) is 0 Å². The van der Waals surface area contributed by atoms with E-state index >= 15 is 0 Å². The van der Waals surface area contributed by atoms with Gasteiger partial charge in [0.1, 0.15) is 0 Å². The summed E-state index contributed by atoms with van der Waals surface area (Å²) >= 11 is 0. The molecule has 1 rings (SSSR count). The molecule has 0 bridgehead atoms. The highest BCUT2D eigenvalue weighted by atomic mass is 16.3. The van der Waals surface area contributed by atoms with E-state index < -0.39 is 0 Å². The lowest BCUT2D eigenvalue weighted by Crippen LogP contribution is -2.32. The smallest absolute Gasteiger partial charge is 0.0639 e. The first-order valence-electron chi connectivity index (χ1n) is 5.86. The lowest BCUT2D eigenvalue weighted by molar-refractivity contribution is 0.122. The van der Waals surface area contributed by atoms with E-state index in [4.69, 9.17) is 5.73 Å². The number of aliphatic hydroxyl groups excluding tert-OH is 1. The summed E-state index contributed by atoms with van der Waals surface area (Å²) in [7, 11) is 0. The molecule has 0 saturated heterocycles. The Bertz CT molecular complexity index is 275. The minimum atomic E-state index is -0.290. The number of rotatable bonds is 7. The minimum absolute atomic E-state index is 0.290. The van der Waals surface area contributed by atoms with Crippen LogP contribution in [0.25, 0.3) is 0 Å². The summed E-state index contributed by atoms with van der Waals surface area (Å²) in [4.78, 5) is 2.24. The lowest BCUT2D eigenvalue weighted by Gasteiger charge is -2.23. The van der Waals surface area contributed by atoms with Crippen molar-refractivity contribution >= 4 is 0 Å². The molecule has 0 saturated carbocycles. The van der Waals surface area contributed by atoms with Crippen LogP contribution in [-0.2, 0) is 6.54 Å². The molecule has 0 amide bonds. The predicted octanol–water partition coefficient (Wildman–Crippen LogP) is 1.22. The highest BCUT2D eigenvalue weighted by Gasteiger charge is 2.08. The largest absolute Gasteiger partial charge is 0.392 e. The summed E-state index contributed by atoms with van der Waals surface area (Å²) in [5.74, 6) is 0. The van der Waals surface area contributed by atoms with E-state index in [1.54, 1.807) is 0 Å². The Morgan fingerprint density at radius 1 is 1.31 bits per heavy atom. The molecule has 0 radical (unpaired) electrons. The SMILES string of the molecule is C[C@@H](O)CN(CCCN)Cc1ccccc1. The third-order valence-electron chi connectivity index (χ3n) is 2.45. The second kappa shape index (κ2) is 7.39. The van der Waals surface area contributed by atoms with Crippen LogP contribution in [0.2, 0.25) is 0 Å². The molecule has 0 aromatic heterocycles. The first-order chi connectivity index (χ1) is 7.72. The van der Waals surface area contributed by atoms with Crippen molar-refractivity contribution in [2.45, 2.75) is 26.0 Å². The molecule has 1 aromatic carbocycles. The fraction of sp³-hybridized carbons (Fsp3) is 0.538. The van der Waals surface area contributed by atoms with Crippen LogP contribution < -0.4 is 5.73 Å². The van der Waals surface area contributed by atoms with Gasteiger partial charge in [-0.2, -0.15) is 0 Å². The predicted molar refractivity (Wildman–Crippen MR) is 67.1 cm³/mol. The number of benzene rings is 1. The van der Waals surface area contributed by atoms with Crippen molar-refractivity contribution in [1.82, 2.24) is 4.90 Å². The van der Waals surface area contributed by atoms with Gasteiger partial charge in [0, 0.05) is 13.1 Å². The van der Waals surface area contributed by atoms with Crippen molar-refractivity contribution in [2.24, 2.45) is 5.73 Å². The molecule has 0 aliphatic rings. The Kier molecular flexibility index (Phi) is 6.08. The van der Waals surface area contributed by atoms with Crippen molar-refractivity contribution in [1.29, 1.82) is 0 Å². The van der Waals surface area contributed by atoms with E-state index in [-0.39, 0.29) is 6.10 Å². The molecule has 0 unspecified atom stereocenters. The van der Waals surface area contributed by atoms with Gasteiger partial charge >= 0.3 is 0 Å². The van der Waals surface area contributed by atoms with Crippen LogP contribution in [0.3, 0.4) is 0 Å². The van der Waals surface area contributed by atoms with Gasteiger partial charge in [0.15, 0.2) is 0 Å². The second-order valence-electron chi connectivity index (χ2n) is 4.21. The zero-order valence-electron chi connectivity index (χ0n) is 9.97. The summed E-state index contributed by atoms with van der Waals surface area (Å²) in [5, 5.41) is 9.43. The summed E-state index contributed by atoms with van der Waals surface area (Å²) in [5.41, 5.74) is 6.79. The van der Waals surface area contributed by atoms with E-state index in [0.717, 1.165) is 19.5 Å². The molecule has 3 heteroatoms. The highest BCUT2D eigenvalue weighted by molar-refractivity contribution is 5.14. The molecule has 1 aromatic rings. The highest BCUT2D eigenvalue weighted by Crippen LogP contribution is 2.05. The molecule has 0 aliphatic carbocycles. The van der Waals surface area contributed by atoms with Crippen LogP contribution in [0.1, 0.15) is 18.9 Å². The summed E-state index contributed by atoms with van der Waals surface area (Å²) in [6.45, 7) is 5.04. The molecule has 1 atom stereocenters. The maximum absolute atomic E-state index is 9.43. The third-order valence-corrected chi connectivity index (χ3v) is 2.45. The molecular weight excluding hydrogens is 200 g/mol. The molecule has 0 aliphatic heterocycles. The first kappa shape index (κ1) is 13.2. The maximum Gasteiger partial charge on any atom is 0.0639 e. The number of hydrogen-bond acceptors (Lipinski definition) is 3. The second-order valence-corrected chi connectivity index (χ2v) is 4.21. The first-order valence-corrected chi connectivity index (χ1v) is 5.86. The van der Waals surface area contributed by atoms with Gasteiger partial charge in [-0.3, -0.25) is 4.90 Å². The van der Waals surface area contributed by atoms with Crippen molar-refractivity contribution in [3.05, 3.63) is 35.9 Å². The quantitative estimate of drug-likeness (QED) is 0.729. The Balaban J connectivity index is 2.49. The Morgan fingerprint density at radius 3 is 2.56 bits per heavy atom. The average Bonchev–Trinajstić information content (AvgIpc) is 2.26. The van der Waals surface area contributed by atoms with Crippen LogP contribution in [0.4, 0.5) is 0 Å². The van der Waals surface area contributed by atoms with Crippen LogP contribution >= 0.6 is 0 Å². The minimum Gasteiger partial charge on any atom is -0.392 e. The fourth-order valence-corrected chi connectivity index (χ4v) is 1.77. The lowest BCUT2D eigenvalue weighted by atomic mass is 10.2. The Morgan fingerprint density at radius 2 is 2.00 bits per heavy atom. The Hall–Kier alpha value is -0.900. The van der Waals surface area contributed by atoms with Gasteiger partial charge in [0.25, 0.3) is 0 Å². The molecule has 3 nitrogen and oxygen atoms in total. The van der Waals surface area contributed by atoms with Gasteiger partial charge in [0.05, 0.1) is 6.10 Å². The fourth-order valence-electron chi connectivity index (χ4n) is 1.77. The molecule has 90 valence electrons. The zero-order chi connectivity index (χ0) is 11.8. The maximum atomic E-state index is 9.43. The van der Waals surface area contributed by atoms with Gasteiger partial charge in [-0.05, 0) is 32.0 Å². The van der Waals surface area contributed by atoms with Crippen molar-refractivity contribution in [3.8, 4) is 0 Å². The van der Waals surface area contributed by atoms with Crippen LogP contribution in [0.15, 0.2) is 30.3 Å². The standard InChI is InChI=1S/C13H22N2O/c1-12(16)10-15(9-5-8-14)11-13-6-3-2-4-7-13/h2-4,6-7,12,16H,5,8-11,14H2,1H3/t12-/m1/s1. The monoisotopic (exact) mass is 222 g/mol. The van der Waals surface area contributed by atoms with Crippen molar-refractivity contribution in [2.75, 3.05) is 19.6 Å². The van der Waals surface area contributed by atoms with Crippen LogP contribution in [0, 0.1) is 0 Å². The van der Waals surface area contributed by atoms with Gasteiger partial charge in [-0.1, -0.05) is 30.3 Å². The van der Waals surface area contributed by atoms with E-state index in [2.05, 4.69) is 17.0 Å². The molecule has 0 spiro atoms. The average molecular weight is 222 g/mol. The van der Waals surface area contributed by atoms with Crippen molar-refractivity contribution in [3.63, 3.8) is 0 Å².